The van der Waals surface area contributed by atoms with E-state index in [4.69, 9.17) is 0 Å². The molecule has 5 rings (SSSR count). The highest BCUT2D eigenvalue weighted by atomic mass is 19.4. The number of rotatable bonds is 7. The predicted molar refractivity (Wildman–Crippen MR) is 141 cm³/mol. The summed E-state index contributed by atoms with van der Waals surface area (Å²) in [6.45, 7) is 6.79. The Morgan fingerprint density at radius 2 is 1.66 bits per heavy atom. The van der Waals surface area contributed by atoms with Crippen LogP contribution in [0.2, 0.25) is 0 Å². The number of carbonyl (C=O) groups excluding carboxylic acids is 4. The van der Waals surface area contributed by atoms with Crippen molar-refractivity contribution in [2.75, 3.05) is 39.3 Å². The van der Waals surface area contributed by atoms with Crippen LogP contribution in [0.15, 0.2) is 12.4 Å². The third kappa shape index (κ3) is 5.94. The SMILES string of the molecule is CC[C@H](NC(=O)[C@@H]1CN(C(=O)c2cnn(CC(F)(F)F)c2)CC12CN(C(=O)[C@H]1CC1(C)C)C2)C(=O)N1CCCCC1. The van der Waals surface area contributed by atoms with Crippen LogP contribution in [0.5, 0.6) is 0 Å². The fraction of sp³-hybridized carbons (Fsp3) is 0.750. The third-order valence-corrected chi connectivity index (χ3v) is 9.30. The fourth-order valence-electron chi connectivity index (χ4n) is 6.66. The molecule has 0 bridgehead atoms. The second-order valence-electron chi connectivity index (χ2n) is 12.9. The quantitative estimate of drug-likeness (QED) is 0.533. The van der Waals surface area contributed by atoms with Crippen molar-refractivity contribution in [1.82, 2.24) is 29.8 Å². The highest BCUT2D eigenvalue weighted by molar-refractivity contribution is 5.95. The summed E-state index contributed by atoms with van der Waals surface area (Å²) in [6, 6.07) is -0.687. The van der Waals surface area contributed by atoms with Gasteiger partial charge in [0.2, 0.25) is 17.7 Å². The molecule has 3 aliphatic heterocycles. The zero-order valence-electron chi connectivity index (χ0n) is 23.9. The molecule has 0 unspecified atom stereocenters. The minimum Gasteiger partial charge on any atom is -0.344 e. The molecule has 3 saturated heterocycles. The van der Waals surface area contributed by atoms with E-state index in [1.807, 2.05) is 20.8 Å². The van der Waals surface area contributed by atoms with E-state index in [1.165, 1.54) is 4.90 Å². The van der Waals surface area contributed by atoms with Crippen molar-refractivity contribution in [2.24, 2.45) is 22.7 Å². The summed E-state index contributed by atoms with van der Waals surface area (Å²) in [5.74, 6) is -1.65. The van der Waals surface area contributed by atoms with E-state index < -0.39 is 36.0 Å². The first-order chi connectivity index (χ1) is 19.2. The van der Waals surface area contributed by atoms with Crippen LogP contribution in [-0.2, 0) is 20.9 Å². The summed E-state index contributed by atoms with van der Waals surface area (Å²) in [5.41, 5.74) is -0.735. The molecule has 1 aliphatic carbocycles. The van der Waals surface area contributed by atoms with Crippen LogP contribution >= 0.6 is 0 Å². The number of piperidine rings is 1. The van der Waals surface area contributed by atoms with E-state index in [2.05, 4.69) is 10.4 Å². The Hall–Kier alpha value is -3.12. The number of hydrogen-bond acceptors (Lipinski definition) is 5. The lowest BCUT2D eigenvalue weighted by molar-refractivity contribution is -0.152. The Balaban J connectivity index is 1.31. The summed E-state index contributed by atoms with van der Waals surface area (Å²) < 4.78 is 39.1. The second-order valence-corrected chi connectivity index (χ2v) is 12.9. The van der Waals surface area contributed by atoms with E-state index in [1.54, 1.807) is 9.80 Å². The number of nitrogens with one attached hydrogen (secondary N) is 1. The van der Waals surface area contributed by atoms with Crippen LogP contribution in [-0.4, -0.2) is 99.6 Å². The van der Waals surface area contributed by atoms with Crippen LogP contribution in [0, 0.1) is 22.7 Å². The topological polar surface area (TPSA) is 108 Å². The Kier molecular flexibility index (Phi) is 7.60. The van der Waals surface area contributed by atoms with Gasteiger partial charge in [-0.2, -0.15) is 18.3 Å². The number of aromatic nitrogens is 2. The second kappa shape index (κ2) is 10.6. The minimum atomic E-state index is -4.48. The number of amides is 4. The molecule has 13 heteroatoms. The number of carbonyl (C=O) groups is 4. The summed E-state index contributed by atoms with van der Waals surface area (Å²) >= 11 is 0. The highest BCUT2D eigenvalue weighted by Gasteiger charge is 2.62. The highest BCUT2D eigenvalue weighted by Crippen LogP contribution is 2.54. The standard InChI is InChI=1S/C28H39F3N6O4/c1-4-21(25(41)34-8-6-5-7-9-34)33-22(38)20-13-35(23(39)18-11-32-37(12-18)17-28(29,30)31)14-27(20)15-36(16-27)24(40)19-10-26(19,2)3/h11-12,19-21H,4-10,13-17H2,1-3H3,(H,33,38)/t19-,20+,21+/m1/s1. The number of hydrogen-bond donors (Lipinski definition) is 1. The van der Waals surface area contributed by atoms with Crippen LogP contribution in [0.25, 0.3) is 0 Å². The van der Waals surface area contributed by atoms with Gasteiger partial charge in [0, 0.05) is 56.8 Å². The van der Waals surface area contributed by atoms with Gasteiger partial charge in [-0.25, -0.2) is 0 Å². The van der Waals surface area contributed by atoms with Gasteiger partial charge in [0.1, 0.15) is 12.6 Å². The molecule has 0 aromatic carbocycles. The van der Waals surface area contributed by atoms with E-state index in [0.29, 0.717) is 37.3 Å². The van der Waals surface area contributed by atoms with Gasteiger partial charge in [-0.1, -0.05) is 20.8 Å². The molecular weight excluding hydrogens is 541 g/mol. The van der Waals surface area contributed by atoms with Crippen molar-refractivity contribution in [3.63, 3.8) is 0 Å². The average molecular weight is 581 g/mol. The van der Waals surface area contributed by atoms with Crippen LogP contribution in [0.1, 0.15) is 63.2 Å². The Morgan fingerprint density at radius 1 is 1.02 bits per heavy atom. The fourth-order valence-corrected chi connectivity index (χ4v) is 6.66. The zero-order chi connectivity index (χ0) is 29.7. The summed E-state index contributed by atoms with van der Waals surface area (Å²) in [7, 11) is 0. The lowest BCUT2D eigenvalue weighted by atomic mass is 9.70. The number of nitrogens with zero attached hydrogens (tertiary/aromatic N) is 5. The Labute approximate surface area is 237 Å². The maximum absolute atomic E-state index is 13.7. The average Bonchev–Trinajstić information content (AvgIpc) is 3.23. The molecule has 4 fully saturated rings. The first-order valence-corrected chi connectivity index (χ1v) is 14.5. The molecule has 4 aliphatic rings. The first-order valence-electron chi connectivity index (χ1n) is 14.5. The number of halogens is 3. The number of alkyl halides is 3. The summed E-state index contributed by atoms with van der Waals surface area (Å²) in [6.07, 6.45) is 1.85. The molecular formula is C28H39F3N6O4. The molecule has 4 amide bonds. The molecule has 10 nitrogen and oxygen atoms in total. The maximum Gasteiger partial charge on any atom is 0.408 e. The van der Waals surface area contributed by atoms with Gasteiger partial charge in [0.05, 0.1) is 17.7 Å². The van der Waals surface area contributed by atoms with E-state index >= 15 is 0 Å². The van der Waals surface area contributed by atoms with Crippen molar-refractivity contribution in [3.05, 3.63) is 18.0 Å². The normalized spacial score (nSPS) is 25.6. The molecule has 0 radical (unpaired) electrons. The van der Waals surface area contributed by atoms with Gasteiger partial charge in [-0.15, -0.1) is 0 Å². The molecule has 1 spiro atoms. The van der Waals surface area contributed by atoms with E-state index in [-0.39, 0.29) is 47.7 Å². The number of likely N-dealkylation sites (tertiary alicyclic amines) is 3. The molecule has 3 atom stereocenters. The van der Waals surface area contributed by atoms with Gasteiger partial charge < -0.3 is 20.0 Å². The molecule has 1 aromatic heterocycles. The molecule has 4 heterocycles. The molecule has 226 valence electrons. The third-order valence-electron chi connectivity index (χ3n) is 9.30. The summed E-state index contributed by atoms with van der Waals surface area (Å²) in [4.78, 5) is 58.3. The van der Waals surface area contributed by atoms with Crippen molar-refractivity contribution in [3.8, 4) is 0 Å². The van der Waals surface area contributed by atoms with Gasteiger partial charge >= 0.3 is 6.18 Å². The first kappa shape index (κ1) is 29.4. The van der Waals surface area contributed by atoms with Crippen molar-refractivity contribution in [2.45, 2.75) is 71.6 Å². The van der Waals surface area contributed by atoms with E-state index in [9.17, 15) is 32.3 Å². The zero-order valence-corrected chi connectivity index (χ0v) is 23.9. The Bertz CT molecular complexity index is 1200. The molecule has 41 heavy (non-hydrogen) atoms. The monoisotopic (exact) mass is 580 g/mol. The largest absolute Gasteiger partial charge is 0.408 e. The molecule has 1 N–H and O–H groups in total. The van der Waals surface area contributed by atoms with Crippen molar-refractivity contribution >= 4 is 23.6 Å². The maximum atomic E-state index is 13.7. The van der Waals surface area contributed by atoms with Crippen LogP contribution < -0.4 is 5.32 Å². The Morgan fingerprint density at radius 3 is 2.24 bits per heavy atom. The van der Waals surface area contributed by atoms with Crippen molar-refractivity contribution in [1.29, 1.82) is 0 Å². The minimum absolute atomic E-state index is 0.00385. The lowest BCUT2D eigenvalue weighted by Crippen LogP contribution is -2.65. The predicted octanol–water partition coefficient (Wildman–Crippen LogP) is 2.30. The van der Waals surface area contributed by atoms with Crippen molar-refractivity contribution < 1.29 is 32.3 Å². The van der Waals surface area contributed by atoms with Gasteiger partial charge in [-0.05, 0) is 37.5 Å². The van der Waals surface area contributed by atoms with Crippen LogP contribution in [0.4, 0.5) is 13.2 Å². The molecule has 1 saturated carbocycles. The van der Waals surface area contributed by atoms with Gasteiger partial charge in [0.25, 0.3) is 5.91 Å². The van der Waals surface area contributed by atoms with Crippen LogP contribution in [0.3, 0.4) is 0 Å². The molecule has 1 aromatic rings. The summed E-state index contributed by atoms with van der Waals surface area (Å²) in [5, 5.41) is 6.62. The van der Waals surface area contributed by atoms with Gasteiger partial charge in [-0.3, -0.25) is 23.9 Å². The van der Waals surface area contributed by atoms with Gasteiger partial charge in [0.15, 0.2) is 0 Å². The lowest BCUT2D eigenvalue weighted by Gasteiger charge is -2.50. The smallest absolute Gasteiger partial charge is 0.344 e. The van der Waals surface area contributed by atoms with E-state index in [0.717, 1.165) is 38.1 Å².